The molecule has 0 aliphatic carbocycles. The van der Waals surface area contributed by atoms with Gasteiger partial charge in [0.2, 0.25) is 11.7 Å². The van der Waals surface area contributed by atoms with Crippen molar-refractivity contribution in [3.8, 4) is 17.1 Å². The van der Waals surface area contributed by atoms with Gasteiger partial charge in [0.25, 0.3) is 11.5 Å². The molecule has 0 radical (unpaired) electrons. The molecule has 2 aromatic carbocycles. The molecule has 2 N–H and O–H groups in total. The van der Waals surface area contributed by atoms with Crippen LogP contribution in [0.15, 0.2) is 53.7 Å². The van der Waals surface area contributed by atoms with Crippen molar-refractivity contribution in [2.75, 3.05) is 36.4 Å². The van der Waals surface area contributed by atoms with Gasteiger partial charge < -0.3 is 20.2 Å². The Morgan fingerprint density at radius 2 is 1.81 bits per heavy atom. The fourth-order valence-corrected chi connectivity index (χ4v) is 7.45. The number of benzene rings is 2. The van der Waals surface area contributed by atoms with Gasteiger partial charge in [-0.25, -0.2) is 9.97 Å². The first-order chi connectivity index (χ1) is 25.7. The summed E-state index contributed by atoms with van der Waals surface area (Å²) in [4.78, 5) is 57.9. The molecule has 4 aromatic heterocycles. The van der Waals surface area contributed by atoms with Crippen LogP contribution >= 0.6 is 11.6 Å². The standard InChI is InChI=1S/C35H31ClF3N11O4/c1-17-12-25(31(52)43-23-6-5-21(14-22(23)36)35(37,38)39)49-27(17)28(47-8-10-48(11-9-47)32(53)26-29(51)18(2)40-16-41-26)33(54)50-34(49)44-30(45-50)19-4-7-24-20(13-19)15-42-46(24)3/h4-7,13-17,25,51H,8-12H2,1-3H3,(H,43,52)/t17-,25-/m0/s1. The number of halogens is 4. The highest BCUT2D eigenvalue weighted by Gasteiger charge is 2.41. The lowest BCUT2D eigenvalue weighted by Gasteiger charge is -2.36. The Labute approximate surface area is 308 Å². The topological polar surface area (TPSA) is 169 Å². The van der Waals surface area contributed by atoms with Gasteiger partial charge in [-0.15, -0.1) is 5.10 Å². The summed E-state index contributed by atoms with van der Waals surface area (Å²) in [6.45, 7) is 4.28. The van der Waals surface area contributed by atoms with E-state index in [-0.39, 0.29) is 83.7 Å². The van der Waals surface area contributed by atoms with E-state index < -0.39 is 35.2 Å². The fourth-order valence-electron chi connectivity index (χ4n) is 7.22. The largest absolute Gasteiger partial charge is 0.504 e. The van der Waals surface area contributed by atoms with Gasteiger partial charge in [-0.05, 0) is 49.7 Å². The van der Waals surface area contributed by atoms with Crippen LogP contribution in [0, 0.1) is 6.92 Å². The number of nitrogens with zero attached hydrogens (tertiary/aromatic N) is 10. The van der Waals surface area contributed by atoms with E-state index in [0.29, 0.717) is 11.3 Å². The number of carbonyl (C=O) groups excluding carboxylic acids is 2. The minimum Gasteiger partial charge on any atom is -0.504 e. The Balaban J connectivity index is 1.20. The molecule has 2 amide bonds. The van der Waals surface area contributed by atoms with Gasteiger partial charge in [-0.3, -0.25) is 23.6 Å². The van der Waals surface area contributed by atoms with Crippen molar-refractivity contribution in [2.45, 2.75) is 38.4 Å². The van der Waals surface area contributed by atoms with Crippen molar-refractivity contribution in [3.63, 3.8) is 0 Å². The fraction of sp³-hybridized carbons (Fsp3) is 0.314. The first-order valence-corrected chi connectivity index (χ1v) is 17.3. The van der Waals surface area contributed by atoms with Gasteiger partial charge >= 0.3 is 6.18 Å². The van der Waals surface area contributed by atoms with Crippen LogP contribution in [0.25, 0.3) is 28.1 Å². The van der Waals surface area contributed by atoms with E-state index >= 15 is 0 Å². The molecule has 19 heteroatoms. The first kappa shape index (κ1) is 35.0. The van der Waals surface area contributed by atoms with Crippen LogP contribution in [0.2, 0.25) is 5.02 Å². The van der Waals surface area contributed by atoms with Crippen molar-refractivity contribution in [3.05, 3.63) is 86.9 Å². The van der Waals surface area contributed by atoms with Crippen molar-refractivity contribution < 1.29 is 27.9 Å². The van der Waals surface area contributed by atoms with Crippen molar-refractivity contribution in [1.82, 2.24) is 43.8 Å². The molecule has 6 heterocycles. The molecule has 0 bridgehead atoms. The number of amides is 2. The number of aromatic hydroxyl groups is 1. The molecule has 1 fully saturated rings. The van der Waals surface area contributed by atoms with E-state index in [2.05, 4.69) is 25.5 Å². The van der Waals surface area contributed by atoms with Gasteiger partial charge in [-0.1, -0.05) is 18.5 Å². The maximum Gasteiger partial charge on any atom is 0.416 e. The minimum atomic E-state index is -4.62. The summed E-state index contributed by atoms with van der Waals surface area (Å²) in [5.41, 5.74) is 0.999. The van der Waals surface area contributed by atoms with Crippen LogP contribution in [-0.2, 0) is 18.0 Å². The zero-order valence-electron chi connectivity index (χ0n) is 29.0. The molecular weight excluding hydrogens is 731 g/mol. The smallest absolute Gasteiger partial charge is 0.416 e. The van der Waals surface area contributed by atoms with Crippen LogP contribution in [0.1, 0.15) is 52.7 Å². The molecule has 278 valence electrons. The van der Waals surface area contributed by atoms with E-state index in [1.54, 1.807) is 22.4 Å². The van der Waals surface area contributed by atoms with E-state index in [0.717, 1.165) is 33.6 Å². The number of piperazine rings is 1. The molecule has 0 saturated carbocycles. The molecule has 0 spiro atoms. The predicted octanol–water partition coefficient (Wildman–Crippen LogP) is 4.57. The molecule has 6 aromatic rings. The van der Waals surface area contributed by atoms with Crippen LogP contribution in [0.3, 0.4) is 0 Å². The van der Waals surface area contributed by atoms with Gasteiger partial charge in [0.05, 0.1) is 39.4 Å². The third-order valence-corrected chi connectivity index (χ3v) is 10.3. The van der Waals surface area contributed by atoms with E-state index in [9.17, 15) is 32.7 Å². The zero-order valence-corrected chi connectivity index (χ0v) is 29.7. The highest BCUT2D eigenvalue weighted by atomic mass is 35.5. The Bertz CT molecular complexity index is 2580. The van der Waals surface area contributed by atoms with E-state index in [1.165, 1.54) is 11.2 Å². The van der Waals surface area contributed by atoms with E-state index in [1.807, 2.05) is 37.1 Å². The molecule has 2 atom stereocenters. The lowest BCUT2D eigenvalue weighted by Crippen LogP contribution is -2.51. The van der Waals surface area contributed by atoms with Gasteiger partial charge in [0.15, 0.2) is 17.3 Å². The third-order valence-electron chi connectivity index (χ3n) is 10.0. The first-order valence-electron chi connectivity index (χ1n) is 16.9. The van der Waals surface area contributed by atoms with Crippen molar-refractivity contribution >= 4 is 51.5 Å². The Hall–Kier alpha value is -6.04. The summed E-state index contributed by atoms with van der Waals surface area (Å²) < 4.78 is 44.5. The Kier molecular flexibility index (Phi) is 8.31. The summed E-state index contributed by atoms with van der Waals surface area (Å²) >= 11 is 6.21. The molecule has 8 rings (SSSR count). The molecule has 15 nitrogen and oxygen atoms in total. The lowest BCUT2D eigenvalue weighted by atomic mass is 10.0. The number of alkyl halides is 3. The Morgan fingerprint density at radius 1 is 1.06 bits per heavy atom. The van der Waals surface area contributed by atoms with Crippen LogP contribution in [-0.4, -0.2) is 86.9 Å². The average molecular weight is 762 g/mol. The monoisotopic (exact) mass is 761 g/mol. The van der Waals surface area contributed by atoms with Crippen LogP contribution in [0.4, 0.5) is 24.5 Å². The summed E-state index contributed by atoms with van der Waals surface area (Å²) in [5.74, 6) is -1.38. The molecular formula is C35H31ClF3N11O4. The third kappa shape index (κ3) is 5.76. The minimum absolute atomic E-state index is 0.00862. The highest BCUT2D eigenvalue weighted by Crippen LogP contribution is 2.42. The van der Waals surface area contributed by atoms with Crippen LogP contribution < -0.4 is 15.8 Å². The second kappa shape index (κ2) is 12.8. The van der Waals surface area contributed by atoms with E-state index in [4.69, 9.17) is 16.6 Å². The van der Waals surface area contributed by atoms with Gasteiger partial charge in [0.1, 0.15) is 18.1 Å². The number of nitrogens with one attached hydrogen (secondary N) is 1. The quantitative estimate of drug-likeness (QED) is 0.254. The summed E-state index contributed by atoms with van der Waals surface area (Å²) in [6.07, 6.45) is -1.49. The summed E-state index contributed by atoms with van der Waals surface area (Å²) in [6, 6.07) is 7.24. The normalized spacial score (nSPS) is 17.4. The van der Waals surface area contributed by atoms with Crippen molar-refractivity contribution in [1.29, 1.82) is 0 Å². The zero-order chi connectivity index (χ0) is 38.2. The molecule has 54 heavy (non-hydrogen) atoms. The highest BCUT2D eigenvalue weighted by molar-refractivity contribution is 6.33. The maximum atomic E-state index is 14.5. The second-order valence-corrected chi connectivity index (χ2v) is 13.8. The molecule has 0 unspecified atom stereocenters. The summed E-state index contributed by atoms with van der Waals surface area (Å²) in [7, 11) is 1.82. The number of rotatable bonds is 5. The number of carbonyl (C=O) groups is 2. The van der Waals surface area contributed by atoms with Crippen LogP contribution in [0.5, 0.6) is 5.75 Å². The number of fused-ring (bicyclic) bond motifs is 4. The maximum absolute atomic E-state index is 14.5. The molecule has 2 aliphatic heterocycles. The average Bonchev–Trinajstić information content (AvgIpc) is 3.85. The Morgan fingerprint density at radius 3 is 2.54 bits per heavy atom. The number of anilines is 2. The van der Waals surface area contributed by atoms with Gasteiger partial charge in [0, 0.05) is 50.1 Å². The lowest BCUT2D eigenvalue weighted by molar-refractivity contribution is -0.137. The number of hydrogen-bond acceptors (Lipinski definition) is 10. The number of aromatic nitrogens is 8. The predicted molar refractivity (Wildman–Crippen MR) is 191 cm³/mol. The number of aryl methyl sites for hydroxylation is 2. The SMILES string of the molecule is Cc1ncnc(C(=O)N2CCN(c3c4n(c5nc(-c6ccc7c(cnn7C)c6)nn5c3=O)[C@H](C(=O)Nc3ccc(C(F)(F)F)cc3Cl)C[C@@H]4C)CC2)c1O. The molecule has 1 saturated heterocycles. The second-order valence-electron chi connectivity index (χ2n) is 13.4. The van der Waals surface area contributed by atoms with Crippen molar-refractivity contribution in [2.24, 2.45) is 7.05 Å². The number of hydrogen-bond donors (Lipinski definition) is 2. The van der Waals surface area contributed by atoms with Gasteiger partial charge in [-0.2, -0.15) is 27.8 Å². The molecule has 2 aliphatic rings. The summed E-state index contributed by atoms with van der Waals surface area (Å²) in [5, 5.41) is 22.6.